The molecular weight excluding hydrogens is 525 g/mol. The summed E-state index contributed by atoms with van der Waals surface area (Å²) in [6.45, 7) is 0.949. The smallest absolute Gasteiger partial charge is 0.481 e. The molecule has 0 radical (unpaired) electrons. The van der Waals surface area contributed by atoms with E-state index >= 15 is 0 Å². The highest BCUT2D eigenvalue weighted by molar-refractivity contribution is 5.79. The molecule has 0 aliphatic carbocycles. The lowest BCUT2D eigenvalue weighted by molar-refractivity contribution is -0.192. The normalized spacial score (nSPS) is 13.4. The van der Waals surface area contributed by atoms with Crippen molar-refractivity contribution in [2.24, 2.45) is 0 Å². The number of nitrogens with zero attached hydrogens (tertiary/aromatic N) is 1. The molecule has 0 spiro atoms. The van der Waals surface area contributed by atoms with Gasteiger partial charge in [-0.1, -0.05) is 12.1 Å². The number of alkyl halides is 3. The number of amides is 1. The van der Waals surface area contributed by atoms with Crippen LogP contribution >= 0.6 is 0 Å². The van der Waals surface area contributed by atoms with Gasteiger partial charge in [-0.2, -0.15) is 13.2 Å². The maximum atomic E-state index is 12.5. The number of oxazole rings is 1. The number of pyridine rings is 1. The van der Waals surface area contributed by atoms with Crippen molar-refractivity contribution in [3.8, 4) is 0 Å². The first-order chi connectivity index (χ1) is 18.4. The third kappa shape index (κ3) is 8.86. The van der Waals surface area contributed by atoms with Crippen molar-refractivity contribution in [3.63, 3.8) is 0 Å². The number of H-pyrrole nitrogens is 1. The zero-order valence-corrected chi connectivity index (χ0v) is 20.6. The number of benzene rings is 1. The van der Waals surface area contributed by atoms with Gasteiger partial charge in [-0.05, 0) is 61.4 Å². The molecule has 3 aromatic rings. The number of nitrogens with one attached hydrogen (secondary N) is 3. The second-order valence-corrected chi connectivity index (χ2v) is 8.84. The van der Waals surface area contributed by atoms with E-state index in [0.717, 1.165) is 43.7 Å². The summed E-state index contributed by atoms with van der Waals surface area (Å²) in [5.41, 5.74) is 3.67. The molecule has 1 aromatic carbocycles. The first-order valence-corrected chi connectivity index (χ1v) is 12.1. The number of aliphatic carboxylic acids is 2. The molecule has 0 bridgehead atoms. The molecule has 1 atom stereocenters. The van der Waals surface area contributed by atoms with Gasteiger partial charge >= 0.3 is 23.9 Å². The Labute approximate surface area is 219 Å². The summed E-state index contributed by atoms with van der Waals surface area (Å²) >= 11 is 0. The number of unbranched alkanes of at least 4 members (excludes halogenated alkanes) is 1. The van der Waals surface area contributed by atoms with Gasteiger partial charge in [0, 0.05) is 18.7 Å². The fourth-order valence-electron chi connectivity index (χ4n) is 3.97. The SMILES string of the molecule is O=C(O)C(F)(F)F.O=C(O)C[C@H](NC(=O)CCCCc1ccc2c(n1)NCCC2)c1ccc2[nH]c(=O)oc2c1. The molecule has 1 aliphatic rings. The summed E-state index contributed by atoms with van der Waals surface area (Å²) in [4.78, 5) is 51.2. The van der Waals surface area contributed by atoms with Crippen LogP contribution in [0.2, 0.25) is 0 Å². The molecule has 0 saturated carbocycles. The molecule has 11 nitrogen and oxygen atoms in total. The van der Waals surface area contributed by atoms with Crippen LogP contribution in [-0.4, -0.2) is 50.7 Å². The second kappa shape index (κ2) is 12.9. The number of aromatic nitrogens is 2. The summed E-state index contributed by atoms with van der Waals surface area (Å²) in [6, 6.07) is 8.35. The van der Waals surface area contributed by atoms with E-state index in [9.17, 15) is 32.7 Å². The molecule has 2 aromatic heterocycles. The summed E-state index contributed by atoms with van der Waals surface area (Å²) in [6.07, 6.45) is -0.620. The minimum Gasteiger partial charge on any atom is -0.481 e. The standard InChI is InChI=1S/C23H26N4O5.C2HF3O2/c28-20(6-2-1-5-16-9-7-14-4-3-11-24-22(14)25-16)26-18(13-21(29)30)15-8-10-17-19(12-15)32-23(31)27-17;3-2(4,5)1(6)7/h7-10,12,18H,1-6,11,13H2,(H,24,25)(H,26,28)(H,27,31)(H,29,30);(H,6,7)/t18-;/m0./s1. The van der Waals surface area contributed by atoms with Gasteiger partial charge in [-0.15, -0.1) is 0 Å². The number of fused-ring (bicyclic) bond motifs is 2. The molecule has 4 rings (SSSR count). The van der Waals surface area contributed by atoms with Crippen LogP contribution in [0, 0.1) is 0 Å². The average Bonchev–Trinajstić information content (AvgIpc) is 3.25. The minimum atomic E-state index is -5.08. The highest BCUT2D eigenvalue weighted by atomic mass is 19.4. The first-order valence-electron chi connectivity index (χ1n) is 12.1. The van der Waals surface area contributed by atoms with Crippen molar-refractivity contribution in [2.45, 2.75) is 57.2 Å². The van der Waals surface area contributed by atoms with E-state index in [-0.39, 0.29) is 12.3 Å². The zero-order chi connectivity index (χ0) is 28.6. The summed E-state index contributed by atoms with van der Waals surface area (Å²) in [5, 5.41) is 22.5. The Morgan fingerprint density at radius 3 is 2.56 bits per heavy atom. The Hall–Kier alpha value is -4.36. The van der Waals surface area contributed by atoms with Crippen molar-refractivity contribution in [2.75, 3.05) is 11.9 Å². The van der Waals surface area contributed by atoms with Crippen LogP contribution in [0.5, 0.6) is 0 Å². The lowest BCUT2D eigenvalue weighted by Gasteiger charge is -2.18. The second-order valence-electron chi connectivity index (χ2n) is 8.84. The number of hydrogen-bond donors (Lipinski definition) is 5. The number of halogens is 3. The predicted molar refractivity (Wildman–Crippen MR) is 132 cm³/mol. The van der Waals surface area contributed by atoms with Gasteiger partial charge in [0.15, 0.2) is 5.58 Å². The number of carboxylic acid groups (broad SMARTS) is 2. The quantitative estimate of drug-likeness (QED) is 0.249. The van der Waals surface area contributed by atoms with E-state index in [1.54, 1.807) is 18.2 Å². The maximum absolute atomic E-state index is 12.5. The fourth-order valence-corrected chi connectivity index (χ4v) is 3.97. The topological polar surface area (TPSA) is 175 Å². The van der Waals surface area contributed by atoms with E-state index in [1.165, 1.54) is 5.56 Å². The highest BCUT2D eigenvalue weighted by Gasteiger charge is 2.38. The molecule has 0 unspecified atom stereocenters. The Morgan fingerprint density at radius 1 is 1.13 bits per heavy atom. The van der Waals surface area contributed by atoms with Crippen molar-refractivity contribution in [1.82, 2.24) is 15.3 Å². The summed E-state index contributed by atoms with van der Waals surface area (Å²) < 4.78 is 36.8. The van der Waals surface area contributed by atoms with Crippen LogP contribution in [0.15, 0.2) is 39.5 Å². The van der Waals surface area contributed by atoms with E-state index in [4.69, 9.17) is 14.3 Å². The molecule has 3 heterocycles. The molecule has 39 heavy (non-hydrogen) atoms. The number of anilines is 1. The highest BCUT2D eigenvalue weighted by Crippen LogP contribution is 2.23. The molecule has 5 N–H and O–H groups in total. The molecule has 0 saturated heterocycles. The zero-order valence-electron chi connectivity index (χ0n) is 20.6. The van der Waals surface area contributed by atoms with Gasteiger partial charge in [-0.25, -0.2) is 14.6 Å². The van der Waals surface area contributed by atoms with Crippen LogP contribution in [0.4, 0.5) is 19.0 Å². The van der Waals surface area contributed by atoms with Crippen LogP contribution in [0.1, 0.15) is 55.0 Å². The molecular formula is C25H27F3N4O7. The van der Waals surface area contributed by atoms with Crippen LogP contribution < -0.4 is 16.4 Å². The Balaban J connectivity index is 0.000000532. The third-order valence-corrected chi connectivity index (χ3v) is 5.84. The minimum absolute atomic E-state index is 0.216. The Morgan fingerprint density at radius 2 is 1.87 bits per heavy atom. The molecule has 1 amide bonds. The van der Waals surface area contributed by atoms with Crippen LogP contribution in [-0.2, 0) is 27.2 Å². The van der Waals surface area contributed by atoms with E-state index in [1.807, 2.05) is 6.07 Å². The number of carbonyl (C=O) groups excluding carboxylic acids is 1. The van der Waals surface area contributed by atoms with Gasteiger partial charge in [0.05, 0.1) is 18.0 Å². The van der Waals surface area contributed by atoms with Crippen molar-refractivity contribution in [1.29, 1.82) is 0 Å². The van der Waals surface area contributed by atoms with Crippen molar-refractivity contribution in [3.05, 3.63) is 57.7 Å². The number of aromatic amines is 1. The fraction of sp³-hybridized carbons (Fsp3) is 0.400. The molecule has 1 aliphatic heterocycles. The summed E-state index contributed by atoms with van der Waals surface area (Å²) in [5.74, 6) is -3.61. The third-order valence-electron chi connectivity index (χ3n) is 5.84. The predicted octanol–water partition coefficient (Wildman–Crippen LogP) is 3.55. The molecule has 210 valence electrons. The average molecular weight is 553 g/mol. The van der Waals surface area contributed by atoms with Crippen LogP contribution in [0.25, 0.3) is 11.1 Å². The number of aryl methyl sites for hydroxylation is 2. The number of hydrogen-bond acceptors (Lipinski definition) is 7. The van der Waals surface area contributed by atoms with Gasteiger partial charge in [0.1, 0.15) is 5.82 Å². The van der Waals surface area contributed by atoms with Crippen LogP contribution in [0.3, 0.4) is 0 Å². The largest absolute Gasteiger partial charge is 0.490 e. The number of rotatable bonds is 9. The lowest BCUT2D eigenvalue weighted by atomic mass is 10.0. The first kappa shape index (κ1) is 29.2. The van der Waals surface area contributed by atoms with Gasteiger partial charge < -0.3 is 25.3 Å². The van der Waals surface area contributed by atoms with Gasteiger partial charge in [0.25, 0.3) is 0 Å². The van der Waals surface area contributed by atoms with E-state index < -0.39 is 29.9 Å². The van der Waals surface area contributed by atoms with Crippen molar-refractivity contribution < 1.29 is 42.2 Å². The number of carboxylic acids is 2. The Bertz CT molecular complexity index is 1380. The van der Waals surface area contributed by atoms with E-state index in [0.29, 0.717) is 29.5 Å². The Kier molecular flexibility index (Phi) is 9.68. The molecule has 0 fully saturated rings. The van der Waals surface area contributed by atoms with Gasteiger partial charge in [0.2, 0.25) is 5.91 Å². The maximum Gasteiger partial charge on any atom is 0.490 e. The monoisotopic (exact) mass is 552 g/mol. The number of carbonyl (C=O) groups is 3. The summed E-state index contributed by atoms with van der Waals surface area (Å²) in [7, 11) is 0. The van der Waals surface area contributed by atoms with E-state index in [2.05, 4.69) is 26.7 Å². The molecule has 14 heteroatoms. The lowest BCUT2D eigenvalue weighted by Crippen LogP contribution is -2.30. The van der Waals surface area contributed by atoms with Gasteiger partial charge in [-0.3, -0.25) is 14.6 Å². The van der Waals surface area contributed by atoms with Crippen molar-refractivity contribution >= 4 is 34.8 Å².